The Morgan fingerprint density at radius 3 is 1.97 bits per heavy atom. The number of phosphoric acid groups is 1. The number of nitrogens with zero attached hydrogens (tertiary/aromatic N) is 1. The van der Waals surface area contributed by atoms with Crippen molar-refractivity contribution in [3.8, 4) is 0 Å². The molecule has 0 aromatic heterocycles. The lowest BCUT2D eigenvalue weighted by atomic mass is 9.91. The summed E-state index contributed by atoms with van der Waals surface area (Å²) in [5, 5.41) is 0.711. The van der Waals surface area contributed by atoms with E-state index < -0.39 is 7.82 Å². The van der Waals surface area contributed by atoms with Gasteiger partial charge >= 0.3 is 7.82 Å². The molecule has 5 nitrogen and oxygen atoms in total. The Morgan fingerprint density at radius 1 is 0.931 bits per heavy atom. The largest absolute Gasteiger partial charge is 0.525 e. The number of rotatable bonds is 4. The summed E-state index contributed by atoms with van der Waals surface area (Å²) in [4.78, 5) is 22.0. The van der Waals surface area contributed by atoms with E-state index in [9.17, 15) is 14.4 Å². The predicted octanol–water partition coefficient (Wildman–Crippen LogP) is 6.04. The van der Waals surface area contributed by atoms with Crippen LogP contribution in [0.25, 0.3) is 5.57 Å². The van der Waals surface area contributed by atoms with E-state index in [1.807, 2.05) is 55.6 Å². The molecule has 29 heavy (non-hydrogen) atoms. The minimum Gasteiger partial charge on any atom is -0.396 e. The zero-order valence-corrected chi connectivity index (χ0v) is 17.8. The van der Waals surface area contributed by atoms with Gasteiger partial charge in [-0.05, 0) is 36.4 Å². The Labute approximate surface area is 177 Å². The molecule has 0 fully saturated rings. The average molecular weight is 446 g/mol. The van der Waals surface area contributed by atoms with Gasteiger partial charge in [0.1, 0.15) is 0 Å². The van der Waals surface area contributed by atoms with Crippen LogP contribution in [0.15, 0.2) is 82.8 Å². The number of fused-ring (bicyclic) bond motifs is 2. The van der Waals surface area contributed by atoms with Crippen molar-refractivity contribution in [3.05, 3.63) is 94.0 Å². The number of phosphoric ester groups is 1. The van der Waals surface area contributed by atoms with Crippen molar-refractivity contribution in [3.63, 3.8) is 0 Å². The second-order valence-corrected chi connectivity index (χ2v) is 9.04. The minimum absolute atomic E-state index is 0.133. The molecular weight excluding hydrogens is 429 g/mol. The first-order chi connectivity index (χ1) is 13.8. The molecule has 0 aliphatic carbocycles. The molecule has 0 atom stereocenters. The van der Waals surface area contributed by atoms with Gasteiger partial charge in [0.15, 0.2) is 5.09 Å². The average Bonchev–Trinajstić information content (AvgIpc) is 2.69. The molecule has 1 heterocycles. The molecule has 2 N–H and O–H groups in total. The zero-order chi connectivity index (χ0) is 20.6. The number of para-hydroxylation sites is 2. The van der Waals surface area contributed by atoms with Crippen molar-refractivity contribution < 1.29 is 18.9 Å². The lowest BCUT2D eigenvalue weighted by molar-refractivity contribution is 0.255. The highest BCUT2D eigenvalue weighted by atomic mass is 35.5. The van der Waals surface area contributed by atoms with Crippen molar-refractivity contribution in [2.45, 2.75) is 4.90 Å². The molecule has 0 saturated carbocycles. The van der Waals surface area contributed by atoms with Gasteiger partial charge in [-0.2, -0.15) is 0 Å². The van der Waals surface area contributed by atoms with E-state index in [-0.39, 0.29) is 5.09 Å². The second-order valence-electron chi connectivity index (χ2n) is 6.39. The number of thioether (sulfide) groups is 1. The van der Waals surface area contributed by atoms with E-state index in [2.05, 4.69) is 4.90 Å². The van der Waals surface area contributed by atoms with Gasteiger partial charge in [0.05, 0.1) is 0 Å². The molecule has 0 unspecified atom stereocenters. The van der Waals surface area contributed by atoms with Gasteiger partial charge in [-0.15, -0.1) is 0 Å². The molecule has 3 aromatic rings. The standard InChI is InChI=1S/C21H17ClNO4PS/c1-23-18-8-4-2-6-16(18)20(17-7-3-5-9-19(17)23)21(27-28(24,25)26)29-15-12-10-14(22)11-13-15/h2-13H,1H3,(H2,24,25,26). The summed E-state index contributed by atoms with van der Waals surface area (Å²) < 4.78 is 17.0. The zero-order valence-electron chi connectivity index (χ0n) is 15.3. The smallest absolute Gasteiger partial charge is 0.396 e. The van der Waals surface area contributed by atoms with Crippen LogP contribution in [0.2, 0.25) is 5.02 Å². The highest BCUT2D eigenvalue weighted by Crippen LogP contribution is 2.52. The first-order valence-electron chi connectivity index (χ1n) is 8.69. The maximum absolute atomic E-state index is 11.8. The number of hydrogen-bond donors (Lipinski definition) is 2. The van der Waals surface area contributed by atoms with Crippen molar-refractivity contribution in [1.82, 2.24) is 0 Å². The van der Waals surface area contributed by atoms with Gasteiger partial charge < -0.3 is 9.42 Å². The van der Waals surface area contributed by atoms with E-state index in [0.29, 0.717) is 10.6 Å². The summed E-state index contributed by atoms with van der Waals surface area (Å²) in [7, 11) is -2.83. The Kier molecular flexibility index (Phi) is 5.47. The summed E-state index contributed by atoms with van der Waals surface area (Å²) in [6.07, 6.45) is 0. The molecule has 8 heteroatoms. The third kappa shape index (κ3) is 4.22. The van der Waals surface area contributed by atoms with Crippen LogP contribution in [-0.4, -0.2) is 16.8 Å². The Hall–Kier alpha value is -2.21. The van der Waals surface area contributed by atoms with Crippen LogP contribution in [0.3, 0.4) is 0 Å². The molecule has 148 valence electrons. The second kappa shape index (κ2) is 7.90. The highest BCUT2D eigenvalue weighted by molar-refractivity contribution is 8.03. The maximum atomic E-state index is 11.8. The van der Waals surface area contributed by atoms with E-state index in [4.69, 9.17) is 16.1 Å². The number of benzene rings is 3. The molecule has 4 rings (SSSR count). The maximum Gasteiger partial charge on any atom is 0.525 e. The first kappa shape index (κ1) is 20.1. The number of halogens is 1. The van der Waals surface area contributed by atoms with Crippen molar-refractivity contribution in [1.29, 1.82) is 0 Å². The van der Waals surface area contributed by atoms with Crippen molar-refractivity contribution in [2.75, 3.05) is 11.9 Å². The fourth-order valence-corrected chi connectivity index (χ4v) is 4.96. The van der Waals surface area contributed by atoms with Crippen molar-refractivity contribution >= 4 is 48.1 Å². The quantitative estimate of drug-likeness (QED) is 0.290. The molecule has 0 radical (unpaired) electrons. The summed E-state index contributed by atoms with van der Waals surface area (Å²) in [5.41, 5.74) is 4.14. The molecule has 3 aromatic carbocycles. The van der Waals surface area contributed by atoms with E-state index >= 15 is 0 Å². The summed E-state index contributed by atoms with van der Waals surface area (Å²) in [5.74, 6) is 0. The van der Waals surface area contributed by atoms with Gasteiger partial charge in [-0.25, -0.2) is 4.57 Å². The van der Waals surface area contributed by atoms with Gasteiger partial charge in [0.2, 0.25) is 0 Å². The third-order valence-electron chi connectivity index (χ3n) is 4.50. The SMILES string of the molecule is CN1c2ccccc2C(=C(OP(=O)(O)O)Sc2ccc(Cl)cc2)c2ccccc21. The molecule has 0 bridgehead atoms. The van der Waals surface area contributed by atoms with Crippen LogP contribution in [0, 0.1) is 0 Å². The van der Waals surface area contributed by atoms with Crippen LogP contribution in [0.5, 0.6) is 0 Å². The molecule has 0 spiro atoms. The van der Waals surface area contributed by atoms with Gasteiger partial charge in [-0.1, -0.05) is 59.8 Å². The molecule has 0 amide bonds. The van der Waals surface area contributed by atoms with E-state index in [1.165, 1.54) is 0 Å². The van der Waals surface area contributed by atoms with Gasteiger partial charge in [-0.3, -0.25) is 9.79 Å². The molecule has 0 saturated heterocycles. The minimum atomic E-state index is -4.79. The van der Waals surface area contributed by atoms with Crippen LogP contribution in [0.4, 0.5) is 11.4 Å². The summed E-state index contributed by atoms with van der Waals surface area (Å²) in [6.45, 7) is 0. The number of hydrogen-bond acceptors (Lipinski definition) is 4. The molecule has 1 aliphatic heterocycles. The monoisotopic (exact) mass is 445 g/mol. The van der Waals surface area contributed by atoms with E-state index in [0.717, 1.165) is 39.2 Å². The lowest BCUT2D eigenvalue weighted by Gasteiger charge is -2.32. The first-order valence-corrected chi connectivity index (χ1v) is 11.4. The molecule has 1 aliphatic rings. The highest BCUT2D eigenvalue weighted by Gasteiger charge is 2.30. The Balaban J connectivity index is 1.97. The molecular formula is C21H17ClNO4PS. The van der Waals surface area contributed by atoms with Crippen molar-refractivity contribution in [2.24, 2.45) is 0 Å². The fraction of sp³-hybridized carbons (Fsp3) is 0.0476. The predicted molar refractivity (Wildman–Crippen MR) is 117 cm³/mol. The van der Waals surface area contributed by atoms with Crippen LogP contribution in [-0.2, 0) is 9.09 Å². The van der Waals surface area contributed by atoms with Gasteiger partial charge in [0, 0.05) is 45.0 Å². The van der Waals surface area contributed by atoms with Gasteiger partial charge in [0.25, 0.3) is 0 Å². The Morgan fingerprint density at radius 2 is 1.45 bits per heavy atom. The topological polar surface area (TPSA) is 70.0 Å². The third-order valence-corrected chi connectivity index (χ3v) is 6.28. The van der Waals surface area contributed by atoms with E-state index in [1.54, 1.807) is 24.3 Å². The number of anilines is 2. The van der Waals surface area contributed by atoms with Crippen LogP contribution in [0.1, 0.15) is 11.1 Å². The fourth-order valence-electron chi connectivity index (χ4n) is 3.28. The van der Waals surface area contributed by atoms with Crippen LogP contribution >= 0.6 is 31.2 Å². The lowest BCUT2D eigenvalue weighted by Crippen LogP contribution is -2.18. The van der Waals surface area contributed by atoms with Crippen LogP contribution < -0.4 is 4.90 Å². The summed E-state index contributed by atoms with van der Waals surface area (Å²) >= 11 is 7.12. The normalized spacial score (nSPS) is 13.0. The Bertz CT molecular complexity index is 1090. The summed E-state index contributed by atoms with van der Waals surface area (Å²) in [6, 6.07) is 22.4.